The van der Waals surface area contributed by atoms with E-state index in [9.17, 15) is 4.79 Å². The first-order chi connectivity index (χ1) is 11.4. The highest BCUT2D eigenvalue weighted by Gasteiger charge is 2.18. The van der Waals surface area contributed by atoms with E-state index in [1.54, 1.807) is 18.9 Å². The van der Waals surface area contributed by atoms with Crippen LogP contribution >= 0.6 is 11.8 Å². The third-order valence-corrected chi connectivity index (χ3v) is 5.10. The number of ether oxygens (including phenoxy) is 1. The van der Waals surface area contributed by atoms with E-state index in [-0.39, 0.29) is 17.2 Å². The second-order valence-corrected chi connectivity index (χ2v) is 7.44. The normalized spacial score (nSPS) is 13.2. The maximum Gasteiger partial charge on any atom is 0.233 e. The zero-order valence-electron chi connectivity index (χ0n) is 14.9. The standard InChI is InChI=1S/C20H25NO2S/c1-13-6-11-19(14(2)12-13)15(3)21-20(22)16(4)24-18-9-7-17(23-5)8-10-18/h6-12,15-16H,1-5H3,(H,21,22)/t15-,16+/m0/s1. The average molecular weight is 343 g/mol. The number of carbonyl (C=O) groups is 1. The predicted molar refractivity (Wildman–Crippen MR) is 101 cm³/mol. The van der Waals surface area contributed by atoms with Crippen molar-refractivity contribution in [1.82, 2.24) is 5.32 Å². The van der Waals surface area contributed by atoms with E-state index in [0.717, 1.165) is 16.2 Å². The molecule has 0 spiro atoms. The van der Waals surface area contributed by atoms with Gasteiger partial charge in [-0.1, -0.05) is 23.8 Å². The van der Waals surface area contributed by atoms with Crippen molar-refractivity contribution >= 4 is 17.7 Å². The lowest BCUT2D eigenvalue weighted by molar-refractivity contribution is -0.120. The van der Waals surface area contributed by atoms with Crippen LogP contribution in [-0.2, 0) is 4.79 Å². The monoisotopic (exact) mass is 343 g/mol. The fourth-order valence-electron chi connectivity index (χ4n) is 2.63. The molecule has 0 bridgehead atoms. The highest BCUT2D eigenvalue weighted by molar-refractivity contribution is 8.00. The van der Waals surface area contributed by atoms with Gasteiger partial charge in [-0.3, -0.25) is 4.79 Å². The van der Waals surface area contributed by atoms with Crippen LogP contribution in [0.25, 0.3) is 0 Å². The molecule has 0 aliphatic rings. The largest absolute Gasteiger partial charge is 0.497 e. The first-order valence-corrected chi connectivity index (χ1v) is 8.97. The number of benzene rings is 2. The first-order valence-electron chi connectivity index (χ1n) is 8.09. The molecule has 0 unspecified atom stereocenters. The van der Waals surface area contributed by atoms with E-state index in [4.69, 9.17) is 4.74 Å². The summed E-state index contributed by atoms with van der Waals surface area (Å²) in [5, 5.41) is 2.95. The molecule has 0 radical (unpaired) electrons. The minimum Gasteiger partial charge on any atom is -0.497 e. The molecule has 1 N–H and O–H groups in total. The summed E-state index contributed by atoms with van der Waals surface area (Å²) in [6.07, 6.45) is 0. The van der Waals surface area contributed by atoms with Gasteiger partial charge in [-0.15, -0.1) is 11.8 Å². The van der Waals surface area contributed by atoms with Crippen molar-refractivity contribution < 1.29 is 9.53 Å². The number of nitrogens with one attached hydrogen (secondary N) is 1. The third-order valence-electron chi connectivity index (χ3n) is 3.99. The Morgan fingerprint density at radius 1 is 1.08 bits per heavy atom. The Kier molecular flexibility index (Phi) is 6.32. The van der Waals surface area contributed by atoms with Crippen LogP contribution in [0.1, 0.15) is 36.6 Å². The molecule has 0 saturated carbocycles. The van der Waals surface area contributed by atoms with Gasteiger partial charge in [0.1, 0.15) is 5.75 Å². The molecular weight excluding hydrogens is 318 g/mol. The molecule has 0 aliphatic carbocycles. The molecule has 128 valence electrons. The molecule has 0 fully saturated rings. The number of thioether (sulfide) groups is 1. The summed E-state index contributed by atoms with van der Waals surface area (Å²) in [6, 6.07) is 14.1. The van der Waals surface area contributed by atoms with Crippen molar-refractivity contribution in [2.24, 2.45) is 0 Å². The molecule has 2 rings (SSSR count). The Balaban J connectivity index is 1.97. The number of amides is 1. The van der Waals surface area contributed by atoms with Crippen LogP contribution in [-0.4, -0.2) is 18.3 Å². The molecule has 24 heavy (non-hydrogen) atoms. The molecule has 0 heterocycles. The number of rotatable bonds is 6. The van der Waals surface area contributed by atoms with Gasteiger partial charge in [0.15, 0.2) is 0 Å². The van der Waals surface area contributed by atoms with E-state index >= 15 is 0 Å². The predicted octanol–water partition coefficient (Wildman–Crippen LogP) is 4.67. The molecular formula is C20H25NO2S. The molecule has 2 aromatic rings. The third kappa shape index (κ3) is 4.78. The summed E-state index contributed by atoms with van der Waals surface area (Å²) in [6.45, 7) is 8.12. The Hall–Kier alpha value is -1.94. The lowest BCUT2D eigenvalue weighted by Gasteiger charge is -2.19. The molecule has 0 aliphatic heterocycles. The van der Waals surface area contributed by atoms with Gasteiger partial charge in [0.2, 0.25) is 5.91 Å². The summed E-state index contributed by atoms with van der Waals surface area (Å²) < 4.78 is 5.15. The SMILES string of the molecule is COc1ccc(S[C@H](C)C(=O)N[C@@H](C)c2ccc(C)cc2C)cc1. The average Bonchev–Trinajstić information content (AvgIpc) is 2.55. The zero-order valence-corrected chi connectivity index (χ0v) is 15.7. The maximum absolute atomic E-state index is 12.5. The zero-order chi connectivity index (χ0) is 17.7. The summed E-state index contributed by atoms with van der Waals surface area (Å²) in [7, 11) is 1.65. The Morgan fingerprint density at radius 2 is 1.75 bits per heavy atom. The van der Waals surface area contributed by atoms with Crippen molar-refractivity contribution in [2.75, 3.05) is 7.11 Å². The fraction of sp³-hybridized carbons (Fsp3) is 0.350. The van der Waals surface area contributed by atoms with Gasteiger partial charge in [0, 0.05) is 4.90 Å². The second-order valence-electron chi connectivity index (χ2n) is 6.03. The minimum absolute atomic E-state index is 0.00276. The van der Waals surface area contributed by atoms with E-state index in [0.29, 0.717) is 0 Å². The fourth-order valence-corrected chi connectivity index (χ4v) is 3.51. The van der Waals surface area contributed by atoms with Crippen LogP contribution in [0.5, 0.6) is 5.75 Å². The van der Waals surface area contributed by atoms with E-state index in [1.807, 2.05) is 38.1 Å². The van der Waals surface area contributed by atoms with Crippen LogP contribution in [0, 0.1) is 13.8 Å². The van der Waals surface area contributed by atoms with Crippen molar-refractivity contribution in [2.45, 2.75) is 43.9 Å². The van der Waals surface area contributed by atoms with Gasteiger partial charge < -0.3 is 10.1 Å². The van der Waals surface area contributed by atoms with E-state index in [2.05, 4.69) is 37.4 Å². The summed E-state index contributed by atoms with van der Waals surface area (Å²) >= 11 is 1.55. The summed E-state index contributed by atoms with van der Waals surface area (Å²) in [5.41, 5.74) is 3.60. The number of hydrogen-bond donors (Lipinski definition) is 1. The van der Waals surface area contributed by atoms with E-state index < -0.39 is 0 Å². The topological polar surface area (TPSA) is 38.3 Å². The van der Waals surface area contributed by atoms with Gasteiger partial charge in [-0.05, 0) is 63.1 Å². The molecule has 0 aromatic heterocycles. The van der Waals surface area contributed by atoms with Gasteiger partial charge >= 0.3 is 0 Å². The quantitative estimate of drug-likeness (QED) is 0.775. The Bertz CT molecular complexity index is 697. The van der Waals surface area contributed by atoms with Crippen LogP contribution in [0.3, 0.4) is 0 Å². The highest BCUT2D eigenvalue weighted by atomic mass is 32.2. The van der Waals surface area contributed by atoms with Gasteiger partial charge in [-0.25, -0.2) is 0 Å². The smallest absolute Gasteiger partial charge is 0.233 e. The number of hydrogen-bond acceptors (Lipinski definition) is 3. The van der Waals surface area contributed by atoms with Crippen molar-refractivity contribution in [3.63, 3.8) is 0 Å². The maximum atomic E-state index is 12.5. The van der Waals surface area contributed by atoms with E-state index in [1.165, 1.54) is 11.1 Å². The Labute approximate surface area is 148 Å². The van der Waals surface area contributed by atoms with Crippen molar-refractivity contribution in [3.8, 4) is 5.75 Å². The summed E-state index contributed by atoms with van der Waals surface area (Å²) in [4.78, 5) is 13.5. The van der Waals surface area contributed by atoms with Gasteiger partial charge in [-0.2, -0.15) is 0 Å². The van der Waals surface area contributed by atoms with Crippen molar-refractivity contribution in [1.29, 1.82) is 0 Å². The van der Waals surface area contributed by atoms with Crippen molar-refractivity contribution in [3.05, 3.63) is 59.2 Å². The molecule has 1 amide bonds. The molecule has 0 saturated heterocycles. The van der Waals surface area contributed by atoms with Crippen LogP contribution in [0.15, 0.2) is 47.4 Å². The summed E-state index contributed by atoms with van der Waals surface area (Å²) in [5.74, 6) is 0.864. The molecule has 2 aromatic carbocycles. The van der Waals surface area contributed by atoms with Crippen LogP contribution in [0.4, 0.5) is 0 Å². The van der Waals surface area contributed by atoms with Gasteiger partial charge in [0.25, 0.3) is 0 Å². The second kappa shape index (κ2) is 8.25. The number of carbonyl (C=O) groups excluding carboxylic acids is 1. The van der Waals surface area contributed by atoms with Gasteiger partial charge in [0.05, 0.1) is 18.4 Å². The lowest BCUT2D eigenvalue weighted by Crippen LogP contribution is -2.33. The molecule has 3 nitrogen and oxygen atoms in total. The number of methoxy groups -OCH3 is 1. The Morgan fingerprint density at radius 3 is 2.33 bits per heavy atom. The van der Waals surface area contributed by atoms with Crippen LogP contribution < -0.4 is 10.1 Å². The minimum atomic E-state index is -0.161. The highest BCUT2D eigenvalue weighted by Crippen LogP contribution is 2.26. The molecule has 2 atom stereocenters. The lowest BCUT2D eigenvalue weighted by atomic mass is 10.0. The van der Waals surface area contributed by atoms with Crippen LogP contribution in [0.2, 0.25) is 0 Å². The first kappa shape index (κ1) is 18.4. The molecule has 4 heteroatoms. The number of aryl methyl sites for hydroxylation is 2.